The average molecular weight is 304 g/mol. The predicted octanol–water partition coefficient (Wildman–Crippen LogP) is 2.95. The minimum atomic E-state index is -4.63. The Balaban J connectivity index is 0.00000289. The van der Waals surface area contributed by atoms with Gasteiger partial charge in [-0.3, -0.25) is 4.79 Å². The molecule has 0 saturated heterocycles. The number of carbonyl (C=O) groups excluding carboxylic acids is 1. The lowest BCUT2D eigenvalue weighted by Crippen LogP contribution is -2.25. The fourth-order valence-corrected chi connectivity index (χ4v) is 1.47. The number of hydrogen-bond acceptors (Lipinski definition) is 3. The molecule has 0 aliphatic heterocycles. The summed E-state index contributed by atoms with van der Waals surface area (Å²) in [6, 6.07) is 1.52. The van der Waals surface area contributed by atoms with E-state index in [1.165, 1.54) is 6.07 Å². The van der Waals surface area contributed by atoms with Crippen molar-refractivity contribution in [2.45, 2.75) is 12.2 Å². The van der Waals surface area contributed by atoms with E-state index < -0.39 is 23.8 Å². The van der Waals surface area contributed by atoms with Crippen LogP contribution >= 0.6 is 24.0 Å². The van der Waals surface area contributed by atoms with Crippen molar-refractivity contribution in [2.24, 2.45) is 5.73 Å². The molecular formula is C10H10Cl2F3NO2. The molecule has 0 aliphatic rings. The maximum Gasteiger partial charge on any atom is 0.416 e. The molecule has 0 bridgehead atoms. The molecule has 1 atom stereocenters. The molecule has 3 nitrogen and oxygen atoms in total. The van der Waals surface area contributed by atoms with Crippen LogP contribution in [0.3, 0.4) is 0 Å². The summed E-state index contributed by atoms with van der Waals surface area (Å²) in [6.45, 7) is 0. The van der Waals surface area contributed by atoms with E-state index in [2.05, 4.69) is 4.74 Å². The highest BCUT2D eigenvalue weighted by Gasteiger charge is 2.36. The molecule has 18 heavy (non-hydrogen) atoms. The molecule has 0 aliphatic carbocycles. The van der Waals surface area contributed by atoms with Gasteiger partial charge in [0.2, 0.25) is 0 Å². The van der Waals surface area contributed by atoms with E-state index in [0.29, 0.717) is 0 Å². The van der Waals surface area contributed by atoms with Crippen LogP contribution in [0.5, 0.6) is 0 Å². The Morgan fingerprint density at radius 3 is 2.44 bits per heavy atom. The summed E-state index contributed by atoms with van der Waals surface area (Å²) >= 11 is 5.48. The number of hydrogen-bond donors (Lipinski definition) is 1. The van der Waals surface area contributed by atoms with Crippen LogP contribution in [-0.2, 0) is 15.7 Å². The first-order chi connectivity index (χ1) is 7.77. The van der Waals surface area contributed by atoms with Crippen LogP contribution in [-0.4, -0.2) is 13.1 Å². The third kappa shape index (κ3) is 3.76. The molecule has 102 valence electrons. The van der Waals surface area contributed by atoms with E-state index in [1.54, 1.807) is 0 Å². The van der Waals surface area contributed by atoms with Crippen molar-refractivity contribution >= 4 is 30.0 Å². The molecule has 8 heteroatoms. The maximum absolute atomic E-state index is 12.7. The van der Waals surface area contributed by atoms with Crippen LogP contribution in [0.2, 0.25) is 5.02 Å². The number of halogens is 5. The van der Waals surface area contributed by atoms with Crippen LogP contribution in [0, 0.1) is 0 Å². The van der Waals surface area contributed by atoms with Crippen LogP contribution in [0.15, 0.2) is 18.2 Å². The van der Waals surface area contributed by atoms with Gasteiger partial charge in [0.05, 0.1) is 12.7 Å². The first-order valence-electron chi connectivity index (χ1n) is 4.47. The molecule has 0 amide bonds. The molecule has 0 heterocycles. The second-order valence-corrected chi connectivity index (χ2v) is 3.67. The highest BCUT2D eigenvalue weighted by molar-refractivity contribution is 6.30. The Bertz CT molecular complexity index is 438. The summed E-state index contributed by atoms with van der Waals surface area (Å²) in [5.41, 5.74) is 3.97. The Morgan fingerprint density at radius 1 is 1.44 bits per heavy atom. The summed E-state index contributed by atoms with van der Waals surface area (Å²) in [7, 11) is 1.05. The summed E-state index contributed by atoms with van der Waals surface area (Å²) in [5.74, 6) is -0.946. The number of alkyl halides is 3. The van der Waals surface area contributed by atoms with Crippen LogP contribution in [0.1, 0.15) is 17.2 Å². The molecular weight excluding hydrogens is 294 g/mol. The normalized spacial score (nSPS) is 12.6. The zero-order chi connectivity index (χ0) is 13.2. The first kappa shape index (κ1) is 17.0. The minimum Gasteiger partial charge on any atom is -0.468 e. The van der Waals surface area contributed by atoms with Gasteiger partial charge in [-0.05, 0) is 17.7 Å². The highest BCUT2D eigenvalue weighted by Crippen LogP contribution is 2.35. The Morgan fingerprint density at radius 2 is 2.00 bits per heavy atom. The Hall–Kier alpha value is -0.980. The smallest absolute Gasteiger partial charge is 0.416 e. The van der Waals surface area contributed by atoms with Gasteiger partial charge in [0.1, 0.15) is 6.04 Å². The summed E-state index contributed by atoms with van der Waals surface area (Å²) in [6.07, 6.45) is -4.63. The summed E-state index contributed by atoms with van der Waals surface area (Å²) in [5, 5.41) is -0.0851. The van der Waals surface area contributed by atoms with Gasteiger partial charge >= 0.3 is 12.1 Å². The summed E-state index contributed by atoms with van der Waals surface area (Å²) in [4.78, 5) is 11.1. The van der Waals surface area contributed by atoms with E-state index >= 15 is 0 Å². The molecule has 0 aromatic heterocycles. The average Bonchev–Trinajstić information content (AvgIpc) is 2.25. The Kier molecular flexibility index (Phi) is 5.92. The summed E-state index contributed by atoms with van der Waals surface area (Å²) < 4.78 is 42.4. The number of ether oxygens (including phenoxy) is 1. The van der Waals surface area contributed by atoms with E-state index in [1.807, 2.05) is 0 Å². The van der Waals surface area contributed by atoms with Crippen molar-refractivity contribution < 1.29 is 22.7 Å². The fraction of sp³-hybridized carbons (Fsp3) is 0.300. The van der Waals surface area contributed by atoms with Gasteiger partial charge in [-0.2, -0.15) is 13.2 Å². The molecule has 0 spiro atoms. The van der Waals surface area contributed by atoms with Gasteiger partial charge in [-0.15, -0.1) is 12.4 Å². The SMILES string of the molecule is COC(=O)[C@@H](N)c1ccc(Cl)cc1C(F)(F)F.Cl. The molecule has 1 aromatic carbocycles. The molecule has 0 unspecified atom stereocenters. The first-order valence-corrected chi connectivity index (χ1v) is 4.85. The second-order valence-electron chi connectivity index (χ2n) is 3.23. The number of esters is 1. The van der Waals surface area contributed by atoms with Crippen LogP contribution in [0.4, 0.5) is 13.2 Å². The van der Waals surface area contributed by atoms with Gasteiger partial charge < -0.3 is 10.5 Å². The molecule has 2 N–H and O–H groups in total. The fourth-order valence-electron chi connectivity index (χ4n) is 1.30. The van der Waals surface area contributed by atoms with Gasteiger partial charge in [-0.1, -0.05) is 17.7 Å². The minimum absolute atomic E-state index is 0. The van der Waals surface area contributed by atoms with Crippen LogP contribution < -0.4 is 5.73 Å². The molecule has 0 radical (unpaired) electrons. The number of nitrogens with two attached hydrogens (primary N) is 1. The lowest BCUT2D eigenvalue weighted by atomic mass is 10.0. The van der Waals surface area contributed by atoms with E-state index in [4.69, 9.17) is 17.3 Å². The van der Waals surface area contributed by atoms with E-state index in [0.717, 1.165) is 19.2 Å². The third-order valence-electron chi connectivity index (χ3n) is 2.11. The van der Waals surface area contributed by atoms with E-state index in [-0.39, 0.29) is 23.0 Å². The number of rotatable bonds is 2. The van der Waals surface area contributed by atoms with Crippen molar-refractivity contribution in [2.75, 3.05) is 7.11 Å². The lowest BCUT2D eigenvalue weighted by Gasteiger charge is -2.16. The third-order valence-corrected chi connectivity index (χ3v) is 2.35. The number of carbonyl (C=O) groups is 1. The monoisotopic (exact) mass is 303 g/mol. The molecule has 1 aromatic rings. The topological polar surface area (TPSA) is 52.3 Å². The largest absolute Gasteiger partial charge is 0.468 e. The van der Waals surface area contributed by atoms with Gasteiger partial charge in [0.25, 0.3) is 0 Å². The van der Waals surface area contributed by atoms with Crippen LogP contribution in [0.25, 0.3) is 0 Å². The van der Waals surface area contributed by atoms with Crippen molar-refractivity contribution in [3.63, 3.8) is 0 Å². The maximum atomic E-state index is 12.7. The number of benzene rings is 1. The van der Waals surface area contributed by atoms with Gasteiger partial charge in [0.15, 0.2) is 0 Å². The zero-order valence-corrected chi connectivity index (χ0v) is 10.7. The van der Waals surface area contributed by atoms with Crippen molar-refractivity contribution in [3.05, 3.63) is 34.3 Å². The highest BCUT2D eigenvalue weighted by atomic mass is 35.5. The lowest BCUT2D eigenvalue weighted by molar-refractivity contribution is -0.144. The predicted molar refractivity (Wildman–Crippen MR) is 62.6 cm³/mol. The van der Waals surface area contributed by atoms with Crippen molar-refractivity contribution in [1.29, 1.82) is 0 Å². The van der Waals surface area contributed by atoms with Crippen molar-refractivity contribution in [1.82, 2.24) is 0 Å². The van der Waals surface area contributed by atoms with Gasteiger partial charge in [0, 0.05) is 5.02 Å². The standard InChI is InChI=1S/C10H9ClF3NO2.ClH/c1-17-9(16)8(15)6-3-2-5(11)4-7(6)10(12,13)14;/h2-4,8H,15H2,1H3;1H/t8-;/m0./s1. The molecule has 1 rings (SSSR count). The van der Waals surface area contributed by atoms with Gasteiger partial charge in [-0.25, -0.2) is 0 Å². The number of methoxy groups -OCH3 is 1. The van der Waals surface area contributed by atoms with Crippen molar-refractivity contribution in [3.8, 4) is 0 Å². The zero-order valence-electron chi connectivity index (χ0n) is 9.12. The van der Waals surface area contributed by atoms with E-state index in [9.17, 15) is 18.0 Å². The Labute approximate surface area is 112 Å². The second kappa shape index (κ2) is 6.26. The molecule has 0 fully saturated rings. The quantitative estimate of drug-likeness (QED) is 0.855. The molecule has 0 saturated carbocycles.